The molecule has 20 heavy (non-hydrogen) atoms. The normalized spacial score (nSPS) is 12.1. The van der Waals surface area contributed by atoms with Gasteiger partial charge in [0.15, 0.2) is 0 Å². The van der Waals surface area contributed by atoms with Crippen molar-refractivity contribution in [3.05, 3.63) is 91.0 Å². The van der Waals surface area contributed by atoms with Crippen LogP contribution in [0.2, 0.25) is 0 Å². The summed E-state index contributed by atoms with van der Waals surface area (Å²) < 4.78 is 0. The number of hydrogen-bond donors (Lipinski definition) is 0. The van der Waals surface area contributed by atoms with Crippen LogP contribution in [0.5, 0.6) is 0 Å². The van der Waals surface area contributed by atoms with E-state index in [0.717, 1.165) is 0 Å². The van der Waals surface area contributed by atoms with Crippen molar-refractivity contribution in [3.8, 4) is 0 Å². The Morgan fingerprint density at radius 3 is 0.950 bits per heavy atom. The van der Waals surface area contributed by atoms with Crippen LogP contribution in [-0.2, 0) is 0 Å². The molecule has 0 aromatic heterocycles. The number of hydrogen-bond acceptors (Lipinski definition) is 0. The Balaban J connectivity index is 2.24. The van der Waals surface area contributed by atoms with Gasteiger partial charge in [-0.2, -0.15) is 0 Å². The fourth-order valence-corrected chi connectivity index (χ4v) is 8.93. The summed E-state index contributed by atoms with van der Waals surface area (Å²) in [5.41, 5.74) is 0. The second-order valence-electron chi connectivity index (χ2n) is 4.60. The summed E-state index contributed by atoms with van der Waals surface area (Å²) in [6, 6.07) is 32.9. The van der Waals surface area contributed by atoms with Gasteiger partial charge in [-0.1, -0.05) is 0 Å². The summed E-state index contributed by atoms with van der Waals surface area (Å²) in [5.74, 6) is 0. The Morgan fingerprint density at radius 2 is 0.700 bits per heavy atom. The monoisotopic (exact) mass is 386 g/mol. The van der Waals surface area contributed by atoms with Gasteiger partial charge in [-0.15, -0.1) is 0 Å². The number of rotatable bonds is 3. The van der Waals surface area contributed by atoms with Crippen LogP contribution in [0.25, 0.3) is 0 Å². The molecule has 2 heteroatoms. The minimum absolute atomic E-state index is 1.05. The van der Waals surface area contributed by atoms with Crippen molar-refractivity contribution in [2.75, 3.05) is 0 Å². The van der Waals surface area contributed by atoms with E-state index in [-0.39, 0.29) is 0 Å². The molecule has 0 radical (unpaired) electrons. The Bertz CT molecular complexity index is 569. The van der Waals surface area contributed by atoms with Gasteiger partial charge in [0, 0.05) is 0 Å². The van der Waals surface area contributed by atoms with Gasteiger partial charge in [-0.05, 0) is 0 Å². The zero-order valence-electron chi connectivity index (χ0n) is 11.1. The molecule has 0 aliphatic carbocycles. The summed E-state index contributed by atoms with van der Waals surface area (Å²) in [7, 11) is -1.05. The predicted octanol–water partition coefficient (Wildman–Crippen LogP) is 4.52. The molecule has 0 spiro atoms. The SMILES string of the molecule is [SbH2][S](c1ccccc1)(c1ccccc1)c1ccccc1. The van der Waals surface area contributed by atoms with Gasteiger partial charge in [0.25, 0.3) is 0 Å². The molecule has 0 saturated carbocycles. The topological polar surface area (TPSA) is 0 Å². The molecule has 3 aromatic rings. The van der Waals surface area contributed by atoms with E-state index in [4.69, 9.17) is 0 Å². The molecule has 3 aromatic carbocycles. The molecule has 0 bridgehead atoms. The van der Waals surface area contributed by atoms with Crippen molar-refractivity contribution < 1.29 is 0 Å². The van der Waals surface area contributed by atoms with Crippen molar-refractivity contribution in [1.82, 2.24) is 0 Å². The van der Waals surface area contributed by atoms with Crippen LogP contribution < -0.4 is 0 Å². The molecule has 0 nitrogen and oxygen atoms in total. The maximum atomic E-state index is 2.28. The summed E-state index contributed by atoms with van der Waals surface area (Å²) in [6.07, 6.45) is 0. The van der Waals surface area contributed by atoms with E-state index >= 15 is 0 Å². The van der Waals surface area contributed by atoms with Crippen molar-refractivity contribution in [3.63, 3.8) is 0 Å². The van der Waals surface area contributed by atoms with Gasteiger partial charge in [-0.3, -0.25) is 0 Å². The van der Waals surface area contributed by atoms with Crippen LogP contribution in [0.15, 0.2) is 106 Å². The zero-order chi connectivity index (χ0) is 13.8. The van der Waals surface area contributed by atoms with Crippen LogP contribution >= 0.6 is 7.12 Å². The summed E-state index contributed by atoms with van der Waals surface area (Å²) in [5, 5.41) is 0. The van der Waals surface area contributed by atoms with E-state index in [9.17, 15) is 0 Å². The standard InChI is InChI=1S/C18H15S.Sb.2H/c1-4-10-16(11-5-1)19(17-12-6-2-7-13-17)18-14-8-3-9-15-18;;;/h1-15H;;;/q+1;-1;;. The Kier molecular flexibility index (Phi) is 4.19. The van der Waals surface area contributed by atoms with Crippen LogP contribution in [0.4, 0.5) is 0 Å². The Labute approximate surface area is 134 Å². The minimum atomic E-state index is -1.05. The van der Waals surface area contributed by atoms with Gasteiger partial charge in [0.1, 0.15) is 0 Å². The summed E-state index contributed by atoms with van der Waals surface area (Å²) >= 11 is 1.20. The molecule has 0 unspecified atom stereocenters. The quantitative estimate of drug-likeness (QED) is 0.580. The summed E-state index contributed by atoms with van der Waals surface area (Å²) in [6.45, 7) is 0. The third kappa shape index (κ3) is 2.53. The van der Waals surface area contributed by atoms with Gasteiger partial charge < -0.3 is 0 Å². The Morgan fingerprint density at radius 1 is 0.450 bits per heavy atom. The molecule has 3 rings (SSSR count). The van der Waals surface area contributed by atoms with Crippen molar-refractivity contribution in [1.29, 1.82) is 0 Å². The molecular formula is C18H17SSb. The van der Waals surface area contributed by atoms with E-state index in [1.54, 1.807) is 0 Å². The van der Waals surface area contributed by atoms with Crippen LogP contribution in [0, 0.1) is 0 Å². The van der Waals surface area contributed by atoms with Gasteiger partial charge in [0.2, 0.25) is 0 Å². The average molecular weight is 387 g/mol. The van der Waals surface area contributed by atoms with Crippen molar-refractivity contribution >= 4 is 28.7 Å². The van der Waals surface area contributed by atoms with Crippen molar-refractivity contribution in [2.24, 2.45) is 0 Å². The average Bonchev–Trinajstić information content (AvgIpc) is 2.56. The first-order valence-electron chi connectivity index (χ1n) is 6.58. The Hall–Kier alpha value is -1.17. The molecule has 0 aliphatic heterocycles. The van der Waals surface area contributed by atoms with Gasteiger partial charge in [0.05, 0.1) is 0 Å². The zero-order valence-corrected chi connectivity index (χ0v) is 15.3. The molecule has 0 heterocycles. The van der Waals surface area contributed by atoms with E-state index in [2.05, 4.69) is 91.0 Å². The van der Waals surface area contributed by atoms with E-state index < -0.39 is 7.12 Å². The molecular weight excluding hydrogens is 370 g/mol. The maximum absolute atomic E-state index is 2.28. The third-order valence-corrected chi connectivity index (χ3v) is 13.4. The molecule has 0 N–H and O–H groups in total. The van der Waals surface area contributed by atoms with Gasteiger partial charge >= 0.3 is 134 Å². The molecule has 0 aliphatic rings. The second-order valence-corrected chi connectivity index (χ2v) is 13.4. The fourth-order valence-electron chi connectivity index (χ4n) is 2.31. The molecule has 0 amide bonds. The molecule has 0 fully saturated rings. The first kappa shape index (κ1) is 13.8. The summed E-state index contributed by atoms with van der Waals surface area (Å²) in [4.78, 5) is 4.37. The predicted molar refractivity (Wildman–Crippen MR) is 90.3 cm³/mol. The molecule has 0 saturated heterocycles. The molecule has 100 valence electrons. The van der Waals surface area contributed by atoms with Crippen LogP contribution in [0.1, 0.15) is 0 Å². The van der Waals surface area contributed by atoms with Crippen LogP contribution in [-0.4, -0.2) is 21.6 Å². The third-order valence-electron chi connectivity index (χ3n) is 3.34. The van der Waals surface area contributed by atoms with E-state index in [1.165, 1.54) is 36.3 Å². The van der Waals surface area contributed by atoms with E-state index in [1.807, 2.05) is 0 Å². The molecule has 0 atom stereocenters. The first-order chi connectivity index (χ1) is 9.82. The van der Waals surface area contributed by atoms with Crippen molar-refractivity contribution in [2.45, 2.75) is 14.7 Å². The first-order valence-corrected chi connectivity index (χ1v) is 12.3. The number of benzene rings is 3. The fraction of sp³-hybridized carbons (Fsp3) is 0. The van der Waals surface area contributed by atoms with E-state index in [0.29, 0.717) is 0 Å². The van der Waals surface area contributed by atoms with Gasteiger partial charge in [-0.25, -0.2) is 0 Å². The second kappa shape index (κ2) is 6.08. The van der Waals surface area contributed by atoms with Crippen LogP contribution in [0.3, 0.4) is 0 Å².